The van der Waals surface area contributed by atoms with Gasteiger partial charge in [0.25, 0.3) is 6.43 Å². The summed E-state index contributed by atoms with van der Waals surface area (Å²) in [5.74, 6) is 0. The molecule has 0 bridgehead atoms. The summed E-state index contributed by atoms with van der Waals surface area (Å²) in [6.07, 6.45) is 1.11. The first-order chi connectivity index (χ1) is 15.0. The lowest BCUT2D eigenvalue weighted by molar-refractivity contribution is 0.0533. The third-order valence-corrected chi connectivity index (χ3v) is 7.89. The number of aromatic nitrogens is 2. The summed E-state index contributed by atoms with van der Waals surface area (Å²) in [4.78, 5) is 6.32. The zero-order valence-electron chi connectivity index (χ0n) is 17.6. The van der Waals surface area contributed by atoms with Crippen LogP contribution >= 0.6 is 11.8 Å². The number of nitrogens with zero attached hydrogens (tertiary/aromatic N) is 3. The van der Waals surface area contributed by atoms with Gasteiger partial charge < -0.3 is 9.64 Å². The van der Waals surface area contributed by atoms with Crippen LogP contribution in [0.4, 0.5) is 14.5 Å². The number of hydrogen-bond donors (Lipinski definition) is 3. The SMILES string of the molecule is C[C@@H]1CN(c2cc(S(=O)(=O)NC3(C)CC3)cn3c(C(=N)SC(=N)C(F)F)cnc23)CCO1. The molecule has 1 atom stereocenters. The average Bonchev–Trinajstić information content (AvgIpc) is 3.27. The van der Waals surface area contributed by atoms with Gasteiger partial charge in [0.05, 0.1) is 30.3 Å². The Morgan fingerprint density at radius 3 is 2.75 bits per heavy atom. The van der Waals surface area contributed by atoms with Crippen LogP contribution in [-0.4, -0.2) is 65.7 Å². The summed E-state index contributed by atoms with van der Waals surface area (Å²) < 4.78 is 61.6. The van der Waals surface area contributed by atoms with Gasteiger partial charge in [0.15, 0.2) is 5.65 Å². The van der Waals surface area contributed by atoms with E-state index in [2.05, 4.69) is 9.71 Å². The van der Waals surface area contributed by atoms with Crippen LogP contribution in [0.5, 0.6) is 0 Å². The van der Waals surface area contributed by atoms with Crippen molar-refractivity contribution in [2.24, 2.45) is 0 Å². The molecule has 0 radical (unpaired) electrons. The first kappa shape index (κ1) is 23.1. The molecule has 2 aromatic heterocycles. The van der Waals surface area contributed by atoms with E-state index >= 15 is 0 Å². The van der Waals surface area contributed by atoms with E-state index < -0.39 is 27.0 Å². The highest BCUT2D eigenvalue weighted by molar-refractivity contribution is 8.26. The lowest BCUT2D eigenvalue weighted by Crippen LogP contribution is -2.41. The highest BCUT2D eigenvalue weighted by Crippen LogP contribution is 2.37. The second-order valence-corrected chi connectivity index (χ2v) is 11.0. The molecule has 3 N–H and O–H groups in total. The summed E-state index contributed by atoms with van der Waals surface area (Å²) in [6, 6.07) is 1.55. The fourth-order valence-electron chi connectivity index (χ4n) is 3.51. The average molecular weight is 487 g/mol. The Balaban J connectivity index is 1.81. The van der Waals surface area contributed by atoms with Crippen molar-refractivity contribution in [2.75, 3.05) is 24.6 Å². The molecule has 32 heavy (non-hydrogen) atoms. The number of nitrogens with one attached hydrogen (secondary N) is 3. The molecule has 1 saturated carbocycles. The van der Waals surface area contributed by atoms with Gasteiger partial charge in [-0.1, -0.05) is 0 Å². The minimum Gasteiger partial charge on any atom is -0.375 e. The van der Waals surface area contributed by atoms with E-state index in [0.717, 1.165) is 12.8 Å². The molecule has 13 heteroatoms. The maximum absolute atomic E-state index is 13.1. The highest BCUT2D eigenvalue weighted by Gasteiger charge is 2.41. The second kappa shape index (κ2) is 8.36. The van der Waals surface area contributed by atoms with Crippen molar-refractivity contribution in [1.29, 1.82) is 10.8 Å². The summed E-state index contributed by atoms with van der Waals surface area (Å²) in [5.41, 5.74) is 0.609. The van der Waals surface area contributed by atoms with E-state index in [1.165, 1.54) is 16.8 Å². The predicted octanol–water partition coefficient (Wildman–Crippen LogP) is 2.69. The Hall–Kier alpha value is -2.09. The molecule has 9 nitrogen and oxygen atoms in total. The fraction of sp³-hybridized carbons (Fsp3) is 0.526. The van der Waals surface area contributed by atoms with Gasteiger partial charge in [-0.2, -0.15) is 0 Å². The fourth-order valence-corrected chi connectivity index (χ4v) is 5.56. The van der Waals surface area contributed by atoms with Crippen molar-refractivity contribution in [2.45, 2.75) is 49.7 Å². The number of morpholine rings is 1. The van der Waals surface area contributed by atoms with Crippen molar-refractivity contribution >= 4 is 43.2 Å². The molecular weight excluding hydrogens is 462 g/mol. The molecule has 4 rings (SSSR count). The van der Waals surface area contributed by atoms with Crippen LogP contribution in [0.2, 0.25) is 0 Å². The summed E-state index contributed by atoms with van der Waals surface area (Å²) in [7, 11) is -3.87. The molecule has 3 heterocycles. The van der Waals surface area contributed by atoms with E-state index in [4.69, 9.17) is 15.6 Å². The van der Waals surface area contributed by atoms with Crippen LogP contribution in [0, 0.1) is 10.8 Å². The first-order valence-electron chi connectivity index (χ1n) is 10.0. The van der Waals surface area contributed by atoms with Crippen LogP contribution in [0.1, 0.15) is 32.4 Å². The second-order valence-electron chi connectivity index (χ2n) is 8.29. The molecule has 1 saturated heterocycles. The third-order valence-electron chi connectivity index (χ3n) is 5.48. The van der Waals surface area contributed by atoms with Gasteiger partial charge in [-0.05, 0) is 44.5 Å². The molecule has 0 unspecified atom stereocenters. The minimum atomic E-state index is -3.87. The van der Waals surface area contributed by atoms with E-state index in [0.29, 0.717) is 42.8 Å². The van der Waals surface area contributed by atoms with Crippen molar-refractivity contribution in [3.63, 3.8) is 0 Å². The quantitative estimate of drug-likeness (QED) is 0.426. The molecule has 0 amide bonds. The predicted molar refractivity (Wildman–Crippen MR) is 119 cm³/mol. The molecule has 2 fully saturated rings. The Morgan fingerprint density at radius 2 is 2.12 bits per heavy atom. The standard InChI is InChI=1S/C19H24F2N6O3S2/c1-11-9-26(5-6-30-11)13-7-12(32(28,29)25-19(2)3-4-19)10-27-14(8-24-18(13)27)16(22)31-17(23)15(20)21/h7-8,10-11,15,22-23,25H,3-6,9H2,1-2H3/t11-/m1/s1. The topological polar surface area (TPSA) is 124 Å². The molecule has 1 aliphatic heterocycles. The summed E-state index contributed by atoms with van der Waals surface area (Å²) >= 11 is 0.313. The van der Waals surface area contributed by atoms with Gasteiger partial charge in [0.1, 0.15) is 15.0 Å². The van der Waals surface area contributed by atoms with Gasteiger partial charge in [0, 0.05) is 24.8 Å². The number of alkyl halides is 2. The zero-order chi connectivity index (χ0) is 23.3. The van der Waals surface area contributed by atoms with Crippen LogP contribution in [0.3, 0.4) is 0 Å². The zero-order valence-corrected chi connectivity index (χ0v) is 19.2. The number of rotatable bonds is 6. The number of pyridine rings is 1. The van der Waals surface area contributed by atoms with Crippen molar-refractivity contribution < 1.29 is 21.9 Å². The van der Waals surface area contributed by atoms with E-state index in [1.807, 2.05) is 18.7 Å². The van der Waals surface area contributed by atoms with Gasteiger partial charge in [-0.25, -0.2) is 26.9 Å². The molecule has 2 aromatic rings. The highest BCUT2D eigenvalue weighted by atomic mass is 32.2. The largest absolute Gasteiger partial charge is 0.375 e. The Bertz CT molecular complexity index is 1180. The third kappa shape index (κ3) is 4.65. The molecule has 0 spiro atoms. The first-order valence-corrected chi connectivity index (χ1v) is 12.3. The van der Waals surface area contributed by atoms with E-state index in [-0.39, 0.29) is 21.7 Å². The monoisotopic (exact) mass is 486 g/mol. The lowest BCUT2D eigenvalue weighted by atomic mass is 10.2. The number of fused-ring (bicyclic) bond motifs is 1. The molecular formula is C19H24F2N6O3S2. The maximum Gasteiger partial charge on any atom is 0.285 e. The number of imidazole rings is 1. The summed E-state index contributed by atoms with van der Waals surface area (Å²) in [6.45, 7) is 5.26. The number of ether oxygens (including phenoxy) is 1. The molecule has 2 aliphatic rings. The normalized spacial score (nSPS) is 20.7. The Labute approximate surface area is 188 Å². The minimum absolute atomic E-state index is 0.00624. The van der Waals surface area contributed by atoms with Crippen LogP contribution in [0.15, 0.2) is 23.4 Å². The molecule has 1 aliphatic carbocycles. The van der Waals surface area contributed by atoms with Crippen molar-refractivity contribution in [3.8, 4) is 0 Å². The van der Waals surface area contributed by atoms with Gasteiger partial charge in [-0.3, -0.25) is 15.2 Å². The lowest BCUT2D eigenvalue weighted by Gasteiger charge is -2.33. The number of thioether (sulfide) groups is 1. The number of anilines is 1. The van der Waals surface area contributed by atoms with Crippen LogP contribution in [0.25, 0.3) is 5.65 Å². The van der Waals surface area contributed by atoms with E-state index in [1.54, 1.807) is 6.07 Å². The van der Waals surface area contributed by atoms with Crippen molar-refractivity contribution in [3.05, 3.63) is 24.2 Å². The number of hydrogen-bond acceptors (Lipinski definition) is 8. The maximum atomic E-state index is 13.1. The van der Waals surface area contributed by atoms with Crippen molar-refractivity contribution in [1.82, 2.24) is 14.1 Å². The molecule has 0 aromatic carbocycles. The van der Waals surface area contributed by atoms with Gasteiger partial charge >= 0.3 is 0 Å². The van der Waals surface area contributed by atoms with Crippen LogP contribution < -0.4 is 9.62 Å². The van der Waals surface area contributed by atoms with Crippen LogP contribution in [-0.2, 0) is 14.8 Å². The van der Waals surface area contributed by atoms with Gasteiger partial charge in [-0.15, -0.1) is 0 Å². The summed E-state index contributed by atoms with van der Waals surface area (Å²) in [5, 5.41) is 14.3. The Kier molecular flexibility index (Phi) is 6.03. The Morgan fingerprint density at radius 1 is 1.41 bits per heavy atom. The molecule has 174 valence electrons. The van der Waals surface area contributed by atoms with E-state index in [9.17, 15) is 17.2 Å². The number of sulfonamides is 1. The van der Waals surface area contributed by atoms with Gasteiger partial charge in [0.2, 0.25) is 10.0 Å². The smallest absolute Gasteiger partial charge is 0.285 e. The number of halogens is 2.